The van der Waals surface area contributed by atoms with Gasteiger partial charge in [-0.05, 0) is 31.0 Å². The molecule has 0 aliphatic heterocycles. The molecule has 7 heteroatoms. The molecule has 1 N–H and O–H groups in total. The number of carbonyl (C=O) groups excluding carboxylic acids is 1. The van der Waals surface area contributed by atoms with Crippen LogP contribution in [0.2, 0.25) is 0 Å². The van der Waals surface area contributed by atoms with Crippen molar-refractivity contribution in [1.82, 2.24) is 19.7 Å². The summed E-state index contributed by atoms with van der Waals surface area (Å²) >= 11 is 0. The second-order valence-corrected chi connectivity index (χ2v) is 6.26. The van der Waals surface area contributed by atoms with E-state index in [1.165, 1.54) is 17.4 Å². The van der Waals surface area contributed by atoms with Gasteiger partial charge in [0.25, 0.3) is 0 Å². The lowest BCUT2D eigenvalue weighted by molar-refractivity contribution is -0.131. The highest BCUT2D eigenvalue weighted by molar-refractivity contribution is 5.79. The molecule has 1 aliphatic carbocycles. The van der Waals surface area contributed by atoms with Crippen LogP contribution in [0.25, 0.3) is 11.1 Å². The Hall–Kier alpha value is -2.83. The number of likely N-dealkylation sites (N-methyl/N-ethyl adjacent to an activating group) is 1. The number of nitrogens with one attached hydrogen (secondary N) is 1. The van der Waals surface area contributed by atoms with Gasteiger partial charge in [0.2, 0.25) is 5.91 Å². The number of rotatable bonds is 5. The summed E-state index contributed by atoms with van der Waals surface area (Å²) in [5.74, 6) is -0.103. The Morgan fingerprint density at radius 1 is 1.42 bits per heavy atom. The van der Waals surface area contributed by atoms with Crippen LogP contribution in [0.3, 0.4) is 0 Å². The van der Waals surface area contributed by atoms with E-state index in [0.29, 0.717) is 23.6 Å². The van der Waals surface area contributed by atoms with Crippen molar-refractivity contribution in [2.45, 2.75) is 31.8 Å². The number of amides is 1. The van der Waals surface area contributed by atoms with E-state index in [9.17, 15) is 9.59 Å². The van der Waals surface area contributed by atoms with E-state index in [0.717, 1.165) is 11.4 Å². The first-order valence-electron chi connectivity index (χ1n) is 7.98. The van der Waals surface area contributed by atoms with Gasteiger partial charge in [0.05, 0.1) is 23.4 Å². The molecule has 0 spiro atoms. The van der Waals surface area contributed by atoms with Crippen molar-refractivity contribution in [3.05, 3.63) is 52.3 Å². The van der Waals surface area contributed by atoms with Crippen LogP contribution in [0.5, 0.6) is 0 Å². The number of para-hydroxylation sites is 2. The summed E-state index contributed by atoms with van der Waals surface area (Å²) in [7, 11) is 1.72. The van der Waals surface area contributed by atoms with E-state index in [4.69, 9.17) is 4.42 Å². The minimum Gasteiger partial charge on any atom is -0.408 e. The molecule has 4 rings (SSSR count). The first-order chi connectivity index (χ1) is 11.6. The van der Waals surface area contributed by atoms with Gasteiger partial charge in [-0.2, -0.15) is 5.10 Å². The van der Waals surface area contributed by atoms with Gasteiger partial charge in [-0.25, -0.2) is 4.79 Å². The molecule has 0 bridgehead atoms. The first kappa shape index (κ1) is 14.7. The largest absolute Gasteiger partial charge is 0.420 e. The van der Waals surface area contributed by atoms with Gasteiger partial charge < -0.3 is 9.32 Å². The second kappa shape index (κ2) is 5.67. The zero-order valence-corrected chi connectivity index (χ0v) is 13.4. The fourth-order valence-corrected chi connectivity index (χ4v) is 2.81. The first-order valence-corrected chi connectivity index (χ1v) is 7.98. The number of nitrogens with zero attached hydrogens (tertiary/aromatic N) is 3. The predicted molar refractivity (Wildman–Crippen MR) is 87.5 cm³/mol. The normalized spacial score (nSPS) is 14.2. The molecule has 0 saturated heterocycles. The third-order valence-corrected chi connectivity index (χ3v) is 4.35. The molecule has 0 atom stereocenters. The summed E-state index contributed by atoms with van der Waals surface area (Å²) in [4.78, 5) is 26.0. The van der Waals surface area contributed by atoms with Crippen molar-refractivity contribution in [2.24, 2.45) is 0 Å². The summed E-state index contributed by atoms with van der Waals surface area (Å²) in [6, 6.07) is 9.10. The third-order valence-electron chi connectivity index (χ3n) is 4.35. The summed E-state index contributed by atoms with van der Waals surface area (Å²) in [6.07, 6.45) is 2.38. The van der Waals surface area contributed by atoms with E-state index in [1.54, 1.807) is 30.1 Å². The van der Waals surface area contributed by atoms with Gasteiger partial charge in [-0.1, -0.05) is 12.1 Å². The zero-order valence-electron chi connectivity index (χ0n) is 13.4. The van der Waals surface area contributed by atoms with E-state index in [-0.39, 0.29) is 12.5 Å². The molecule has 2 heterocycles. The molecule has 7 nitrogen and oxygen atoms in total. The molecule has 2 aromatic heterocycles. The Labute approximate surface area is 137 Å². The van der Waals surface area contributed by atoms with Crippen LogP contribution in [0.15, 0.2) is 39.5 Å². The van der Waals surface area contributed by atoms with Crippen molar-refractivity contribution >= 4 is 17.0 Å². The van der Waals surface area contributed by atoms with Crippen LogP contribution in [0.1, 0.15) is 30.1 Å². The topological polar surface area (TPSA) is 84.1 Å². The van der Waals surface area contributed by atoms with Crippen LogP contribution >= 0.6 is 0 Å². The van der Waals surface area contributed by atoms with Gasteiger partial charge in [-0.15, -0.1) is 0 Å². The minimum atomic E-state index is -0.518. The molecule has 1 amide bonds. The summed E-state index contributed by atoms with van der Waals surface area (Å²) in [5.41, 5.74) is 3.09. The Kier molecular flexibility index (Phi) is 3.48. The molecule has 124 valence electrons. The van der Waals surface area contributed by atoms with Gasteiger partial charge in [-0.3, -0.25) is 14.5 Å². The van der Waals surface area contributed by atoms with Crippen LogP contribution in [0.4, 0.5) is 0 Å². The number of aromatic amines is 1. The molecule has 1 aliphatic rings. The molecule has 0 radical (unpaired) electrons. The Balaban J connectivity index is 1.48. The van der Waals surface area contributed by atoms with Gasteiger partial charge in [0, 0.05) is 13.0 Å². The highest BCUT2D eigenvalue weighted by Gasteiger charge is 2.26. The molecular formula is C17H18N4O3. The van der Waals surface area contributed by atoms with Gasteiger partial charge >= 0.3 is 5.76 Å². The monoisotopic (exact) mass is 326 g/mol. The number of fused-ring (bicyclic) bond motifs is 1. The quantitative estimate of drug-likeness (QED) is 0.775. The van der Waals surface area contributed by atoms with Gasteiger partial charge in [0.1, 0.15) is 6.54 Å². The average molecular weight is 326 g/mol. The fourth-order valence-electron chi connectivity index (χ4n) is 2.81. The highest BCUT2D eigenvalue weighted by atomic mass is 16.4. The van der Waals surface area contributed by atoms with Crippen LogP contribution in [-0.4, -0.2) is 32.6 Å². The lowest BCUT2D eigenvalue weighted by Crippen LogP contribution is -2.32. The van der Waals surface area contributed by atoms with E-state index >= 15 is 0 Å². The average Bonchev–Trinajstić information content (AvgIpc) is 3.24. The maximum Gasteiger partial charge on any atom is 0.420 e. The number of aromatic nitrogens is 3. The Morgan fingerprint density at radius 2 is 2.21 bits per heavy atom. The van der Waals surface area contributed by atoms with Crippen molar-refractivity contribution in [3.8, 4) is 0 Å². The van der Waals surface area contributed by atoms with Crippen LogP contribution in [-0.2, 0) is 17.9 Å². The lowest BCUT2D eigenvalue weighted by Gasteiger charge is -2.16. The van der Waals surface area contributed by atoms with E-state index in [1.807, 2.05) is 12.1 Å². The van der Waals surface area contributed by atoms with E-state index < -0.39 is 5.76 Å². The Morgan fingerprint density at radius 3 is 3.00 bits per heavy atom. The maximum atomic E-state index is 12.5. The standard InChI is InChI=1S/C17H18N4O3/c1-20(9-12-8-13(19-18-12)11-6-7-11)16(22)10-21-14-4-2-3-5-15(14)24-17(21)23/h2-5,8,11H,6-7,9-10H2,1H3,(H,18,19). The molecule has 1 aromatic carbocycles. The lowest BCUT2D eigenvalue weighted by atomic mass is 10.2. The SMILES string of the molecule is CN(Cc1cc(C2CC2)n[nH]1)C(=O)Cn1c(=O)oc2ccccc21. The predicted octanol–water partition coefficient (Wildman–Crippen LogP) is 1.85. The number of hydrogen-bond donors (Lipinski definition) is 1. The third kappa shape index (κ3) is 2.73. The smallest absolute Gasteiger partial charge is 0.408 e. The van der Waals surface area contributed by atoms with Crippen molar-refractivity contribution in [1.29, 1.82) is 0 Å². The van der Waals surface area contributed by atoms with E-state index in [2.05, 4.69) is 10.2 Å². The maximum absolute atomic E-state index is 12.5. The molecule has 3 aromatic rings. The molecule has 1 fully saturated rings. The highest BCUT2D eigenvalue weighted by Crippen LogP contribution is 2.39. The van der Waals surface area contributed by atoms with Crippen molar-refractivity contribution < 1.29 is 9.21 Å². The zero-order chi connectivity index (χ0) is 16.7. The number of oxazole rings is 1. The molecular weight excluding hydrogens is 308 g/mol. The van der Waals surface area contributed by atoms with Crippen molar-refractivity contribution in [2.75, 3.05) is 7.05 Å². The summed E-state index contributed by atoms with van der Waals surface area (Å²) in [5, 5.41) is 7.27. The minimum absolute atomic E-state index is 0.0457. The Bertz CT molecular complexity index is 948. The van der Waals surface area contributed by atoms with Crippen LogP contribution in [0, 0.1) is 0 Å². The van der Waals surface area contributed by atoms with Crippen LogP contribution < -0.4 is 5.76 Å². The number of H-pyrrole nitrogens is 1. The molecule has 24 heavy (non-hydrogen) atoms. The van der Waals surface area contributed by atoms with Gasteiger partial charge in [0.15, 0.2) is 5.58 Å². The van der Waals surface area contributed by atoms with Crippen molar-refractivity contribution in [3.63, 3.8) is 0 Å². The summed E-state index contributed by atoms with van der Waals surface area (Å²) < 4.78 is 6.51. The fraction of sp³-hybridized carbons (Fsp3) is 0.353. The second-order valence-electron chi connectivity index (χ2n) is 6.26. The summed E-state index contributed by atoms with van der Waals surface area (Å²) in [6.45, 7) is 0.388. The number of carbonyl (C=O) groups is 1. The molecule has 1 saturated carbocycles. The molecule has 0 unspecified atom stereocenters. The number of benzene rings is 1. The number of hydrogen-bond acceptors (Lipinski definition) is 4.